The van der Waals surface area contributed by atoms with Crippen molar-refractivity contribution in [2.75, 3.05) is 4.90 Å². The Hall–Kier alpha value is -7.42. The van der Waals surface area contributed by atoms with Crippen molar-refractivity contribution in [2.45, 2.75) is 5.41 Å². The molecule has 0 bridgehead atoms. The van der Waals surface area contributed by atoms with Crippen LogP contribution in [0.3, 0.4) is 0 Å². The van der Waals surface area contributed by atoms with Crippen molar-refractivity contribution in [2.24, 2.45) is 0 Å². The minimum atomic E-state index is -0.451. The van der Waals surface area contributed by atoms with Gasteiger partial charge in [0.25, 0.3) is 0 Å². The van der Waals surface area contributed by atoms with E-state index in [1.54, 1.807) is 0 Å². The van der Waals surface area contributed by atoms with Crippen LogP contribution in [0.5, 0.6) is 0 Å². The van der Waals surface area contributed by atoms with Crippen LogP contribution < -0.4 is 4.90 Å². The molecule has 264 valence electrons. The van der Waals surface area contributed by atoms with Gasteiger partial charge in [-0.25, -0.2) is 0 Å². The number of fused-ring (bicyclic) bond motifs is 19. The lowest BCUT2D eigenvalue weighted by atomic mass is 9.70. The van der Waals surface area contributed by atoms with Gasteiger partial charge in [-0.05, 0) is 119 Å². The summed E-state index contributed by atoms with van der Waals surface area (Å²) in [5.74, 6) is 0. The molecule has 2 heteroatoms. The number of anilines is 3. The van der Waals surface area contributed by atoms with Crippen molar-refractivity contribution in [1.29, 1.82) is 0 Å². The third-order valence-electron chi connectivity index (χ3n) is 12.8. The SMILES string of the molecule is c1ccc2c(c1)-c1ccccc1C21c2ccccc2-c2ccc(N(c3ccc4c5ccccc5c5ccccc5c4c3)c3cccc4oc5ccccc5c34)cc21. The van der Waals surface area contributed by atoms with E-state index in [4.69, 9.17) is 4.42 Å². The Morgan fingerprint density at radius 1 is 0.316 bits per heavy atom. The maximum atomic E-state index is 6.53. The Kier molecular flexibility index (Phi) is 6.13. The first-order valence-electron chi connectivity index (χ1n) is 19.8. The predicted molar refractivity (Wildman–Crippen MR) is 237 cm³/mol. The van der Waals surface area contributed by atoms with E-state index in [0.717, 1.165) is 39.0 Å². The third-order valence-corrected chi connectivity index (χ3v) is 12.8. The summed E-state index contributed by atoms with van der Waals surface area (Å²) < 4.78 is 6.53. The molecule has 0 amide bonds. The molecular formula is C55H33NO. The molecule has 1 heterocycles. The Balaban J connectivity index is 1.14. The van der Waals surface area contributed by atoms with E-state index in [-0.39, 0.29) is 0 Å². The predicted octanol–water partition coefficient (Wildman–Crippen LogP) is 14.9. The number of hydrogen-bond donors (Lipinski definition) is 0. The first-order chi connectivity index (χ1) is 28.3. The molecule has 13 rings (SSSR count). The normalized spacial score (nSPS) is 13.4. The second kappa shape index (κ2) is 11.3. The average molecular weight is 724 g/mol. The second-order valence-corrected chi connectivity index (χ2v) is 15.5. The van der Waals surface area contributed by atoms with E-state index >= 15 is 0 Å². The molecule has 0 radical (unpaired) electrons. The smallest absolute Gasteiger partial charge is 0.137 e. The van der Waals surface area contributed by atoms with Gasteiger partial charge < -0.3 is 9.32 Å². The molecule has 0 fully saturated rings. The fourth-order valence-corrected chi connectivity index (χ4v) is 10.6. The Morgan fingerprint density at radius 2 is 0.772 bits per heavy atom. The second-order valence-electron chi connectivity index (χ2n) is 15.5. The highest BCUT2D eigenvalue weighted by molar-refractivity contribution is 6.26. The van der Waals surface area contributed by atoms with Gasteiger partial charge in [0, 0.05) is 16.8 Å². The highest BCUT2D eigenvalue weighted by Crippen LogP contribution is 2.63. The van der Waals surface area contributed by atoms with Crippen LogP contribution in [0.2, 0.25) is 0 Å². The zero-order valence-electron chi connectivity index (χ0n) is 30.9. The summed E-state index contributed by atoms with van der Waals surface area (Å²) in [7, 11) is 0. The summed E-state index contributed by atoms with van der Waals surface area (Å²) in [4.78, 5) is 2.47. The fraction of sp³-hybridized carbons (Fsp3) is 0.0182. The number of benzene rings is 10. The van der Waals surface area contributed by atoms with Gasteiger partial charge in [-0.3, -0.25) is 0 Å². The van der Waals surface area contributed by atoms with Gasteiger partial charge >= 0.3 is 0 Å². The van der Waals surface area contributed by atoms with Gasteiger partial charge in [0.1, 0.15) is 11.2 Å². The first kappa shape index (κ1) is 30.9. The maximum absolute atomic E-state index is 6.53. The molecule has 2 nitrogen and oxygen atoms in total. The van der Waals surface area contributed by atoms with Crippen molar-refractivity contribution >= 4 is 71.3 Å². The van der Waals surface area contributed by atoms with E-state index in [1.165, 1.54) is 76.8 Å². The molecule has 1 spiro atoms. The lowest BCUT2D eigenvalue weighted by molar-refractivity contribution is 0.669. The van der Waals surface area contributed by atoms with Gasteiger partial charge in [-0.2, -0.15) is 0 Å². The molecule has 0 aliphatic heterocycles. The first-order valence-corrected chi connectivity index (χ1v) is 19.8. The molecule has 10 aromatic carbocycles. The summed E-state index contributed by atoms with van der Waals surface area (Å²) in [6, 6.07) is 73.9. The number of rotatable bonds is 3. The van der Waals surface area contributed by atoms with Crippen LogP contribution in [0.25, 0.3) is 76.5 Å². The highest BCUT2D eigenvalue weighted by Gasteiger charge is 2.51. The molecule has 0 saturated carbocycles. The topological polar surface area (TPSA) is 16.4 Å². The van der Waals surface area contributed by atoms with E-state index in [1.807, 2.05) is 0 Å². The number of furan rings is 1. The fourth-order valence-electron chi connectivity index (χ4n) is 10.6. The van der Waals surface area contributed by atoms with Crippen molar-refractivity contribution in [3.8, 4) is 22.3 Å². The van der Waals surface area contributed by atoms with E-state index in [2.05, 4.69) is 205 Å². The lowest BCUT2D eigenvalue weighted by Gasteiger charge is -2.32. The summed E-state index contributed by atoms with van der Waals surface area (Å²) in [6.07, 6.45) is 0. The highest BCUT2D eigenvalue weighted by atomic mass is 16.3. The van der Waals surface area contributed by atoms with Crippen LogP contribution in [-0.2, 0) is 5.41 Å². The minimum absolute atomic E-state index is 0.451. The molecule has 2 aliphatic rings. The lowest BCUT2D eigenvalue weighted by Crippen LogP contribution is -2.26. The molecule has 0 N–H and O–H groups in total. The number of para-hydroxylation sites is 1. The maximum Gasteiger partial charge on any atom is 0.137 e. The van der Waals surface area contributed by atoms with Gasteiger partial charge in [-0.1, -0.05) is 158 Å². The van der Waals surface area contributed by atoms with Gasteiger partial charge in [0.05, 0.1) is 16.5 Å². The molecule has 0 saturated heterocycles. The molecule has 2 aliphatic carbocycles. The van der Waals surface area contributed by atoms with E-state index in [9.17, 15) is 0 Å². The zero-order chi connectivity index (χ0) is 37.2. The minimum Gasteiger partial charge on any atom is -0.456 e. The molecule has 0 unspecified atom stereocenters. The molecule has 11 aromatic rings. The van der Waals surface area contributed by atoms with Crippen LogP contribution in [-0.4, -0.2) is 0 Å². The summed E-state index contributed by atoms with van der Waals surface area (Å²) in [5, 5.41) is 9.76. The van der Waals surface area contributed by atoms with Crippen LogP contribution in [0, 0.1) is 0 Å². The average Bonchev–Trinajstić information content (AvgIpc) is 3.91. The largest absolute Gasteiger partial charge is 0.456 e. The molecule has 1 aromatic heterocycles. The summed E-state index contributed by atoms with van der Waals surface area (Å²) >= 11 is 0. The van der Waals surface area contributed by atoms with Crippen molar-refractivity contribution in [3.05, 3.63) is 222 Å². The molecule has 57 heavy (non-hydrogen) atoms. The summed E-state index contributed by atoms with van der Waals surface area (Å²) in [5.41, 5.74) is 15.1. The van der Waals surface area contributed by atoms with Gasteiger partial charge in [0.2, 0.25) is 0 Å². The monoisotopic (exact) mass is 723 g/mol. The van der Waals surface area contributed by atoms with Crippen LogP contribution in [0.4, 0.5) is 17.1 Å². The Bertz CT molecular complexity index is 3400. The number of nitrogens with zero attached hydrogens (tertiary/aromatic N) is 1. The van der Waals surface area contributed by atoms with Gasteiger partial charge in [0.15, 0.2) is 0 Å². The summed E-state index contributed by atoms with van der Waals surface area (Å²) in [6.45, 7) is 0. The molecule has 0 atom stereocenters. The van der Waals surface area contributed by atoms with Crippen molar-refractivity contribution < 1.29 is 4.42 Å². The zero-order valence-corrected chi connectivity index (χ0v) is 30.9. The standard InChI is InChI=1S/C55H33NO/c1-2-16-38-36(14-1)37-15-3-4-17-39(37)46-32-34(28-30-40(38)46)56(51-25-13-27-53-54(51)45-21-8-12-26-52(45)57-53)35-29-31-44-43-20-7-11-24-49(43)55(50(44)33-35)47-22-9-5-18-41(47)42-19-6-10-23-48(42)55/h1-33H. The third kappa shape index (κ3) is 3.99. The Morgan fingerprint density at radius 3 is 1.40 bits per heavy atom. The number of hydrogen-bond acceptors (Lipinski definition) is 2. The van der Waals surface area contributed by atoms with Gasteiger partial charge in [-0.15, -0.1) is 0 Å². The van der Waals surface area contributed by atoms with E-state index in [0.29, 0.717) is 0 Å². The van der Waals surface area contributed by atoms with Crippen LogP contribution in [0.15, 0.2) is 205 Å². The van der Waals surface area contributed by atoms with E-state index < -0.39 is 5.41 Å². The van der Waals surface area contributed by atoms with Crippen molar-refractivity contribution in [3.63, 3.8) is 0 Å². The Labute approximate surface area is 329 Å². The van der Waals surface area contributed by atoms with Crippen molar-refractivity contribution in [1.82, 2.24) is 0 Å². The molecular weight excluding hydrogens is 691 g/mol. The van der Waals surface area contributed by atoms with Crippen LogP contribution in [0.1, 0.15) is 22.3 Å². The quantitative estimate of drug-likeness (QED) is 0.169. The van der Waals surface area contributed by atoms with Crippen LogP contribution >= 0.6 is 0 Å².